The summed E-state index contributed by atoms with van der Waals surface area (Å²) in [5, 5.41) is 3.23. The van der Waals surface area contributed by atoms with Crippen LogP contribution in [-0.4, -0.2) is 21.9 Å². The van der Waals surface area contributed by atoms with Crippen molar-refractivity contribution in [3.63, 3.8) is 0 Å². The van der Waals surface area contributed by atoms with Crippen LogP contribution >= 0.6 is 12.4 Å². The highest BCUT2D eigenvalue weighted by atomic mass is 35.5. The second-order valence-corrected chi connectivity index (χ2v) is 6.14. The molecule has 4 nitrogen and oxygen atoms in total. The summed E-state index contributed by atoms with van der Waals surface area (Å²) in [6.07, 6.45) is 11.1. The van der Waals surface area contributed by atoms with E-state index in [1.54, 1.807) is 6.33 Å². The molecule has 2 aliphatic carbocycles. The molecule has 2 fully saturated rings. The number of imidazole rings is 1. The number of aromatic nitrogens is 2. The average molecular weight is 298 g/mol. The molecule has 1 aromatic heterocycles. The van der Waals surface area contributed by atoms with Gasteiger partial charge in [0.25, 0.3) is 0 Å². The van der Waals surface area contributed by atoms with Crippen LogP contribution in [0.25, 0.3) is 0 Å². The second kappa shape index (κ2) is 6.61. The Morgan fingerprint density at radius 3 is 2.80 bits per heavy atom. The van der Waals surface area contributed by atoms with Crippen LogP contribution in [0, 0.1) is 11.8 Å². The number of rotatable bonds is 4. The first-order valence-corrected chi connectivity index (χ1v) is 7.54. The molecule has 112 valence electrons. The summed E-state index contributed by atoms with van der Waals surface area (Å²) in [5.41, 5.74) is 1.03. The van der Waals surface area contributed by atoms with Crippen LogP contribution in [0.15, 0.2) is 12.5 Å². The number of amides is 1. The molecule has 1 amide bonds. The van der Waals surface area contributed by atoms with E-state index in [-0.39, 0.29) is 24.2 Å². The zero-order valence-electron chi connectivity index (χ0n) is 12.0. The molecule has 0 saturated heterocycles. The van der Waals surface area contributed by atoms with Gasteiger partial charge in [-0.3, -0.25) is 4.79 Å². The van der Waals surface area contributed by atoms with Gasteiger partial charge < -0.3 is 10.3 Å². The van der Waals surface area contributed by atoms with Crippen LogP contribution in [0.3, 0.4) is 0 Å². The van der Waals surface area contributed by atoms with Crippen molar-refractivity contribution in [2.24, 2.45) is 11.8 Å². The maximum absolute atomic E-state index is 12.2. The van der Waals surface area contributed by atoms with E-state index in [9.17, 15) is 4.79 Å². The molecule has 0 aliphatic heterocycles. The lowest BCUT2D eigenvalue weighted by molar-refractivity contribution is -0.123. The van der Waals surface area contributed by atoms with Gasteiger partial charge >= 0.3 is 0 Å². The Morgan fingerprint density at radius 2 is 2.15 bits per heavy atom. The number of hydrogen-bond donors (Lipinski definition) is 2. The van der Waals surface area contributed by atoms with Gasteiger partial charge in [-0.2, -0.15) is 0 Å². The van der Waals surface area contributed by atoms with Crippen molar-refractivity contribution < 1.29 is 4.79 Å². The largest absolute Gasteiger partial charge is 0.353 e. The Labute approximate surface area is 126 Å². The highest BCUT2D eigenvalue weighted by Crippen LogP contribution is 2.46. The van der Waals surface area contributed by atoms with Crippen molar-refractivity contribution in [1.29, 1.82) is 0 Å². The average Bonchev–Trinajstić information content (AvgIpc) is 3.06. The molecule has 2 N–H and O–H groups in total. The van der Waals surface area contributed by atoms with Gasteiger partial charge in [-0.15, -0.1) is 12.4 Å². The summed E-state index contributed by atoms with van der Waals surface area (Å²) in [7, 11) is 0. The SMILES string of the molecule is C[C@H](NC(=O)C1C[C@@H]1c1c[nH]cn1)C1CCCCC1.Cl. The molecular weight excluding hydrogens is 274 g/mol. The molecule has 1 unspecified atom stereocenters. The lowest BCUT2D eigenvalue weighted by Crippen LogP contribution is -2.39. The maximum atomic E-state index is 12.2. The Kier molecular flexibility index (Phi) is 5.08. The zero-order valence-corrected chi connectivity index (χ0v) is 12.8. The molecule has 2 aliphatic rings. The van der Waals surface area contributed by atoms with Crippen LogP contribution in [0.4, 0.5) is 0 Å². The summed E-state index contributed by atoms with van der Waals surface area (Å²) >= 11 is 0. The number of aromatic amines is 1. The minimum absolute atomic E-state index is 0. The fraction of sp³-hybridized carbons (Fsp3) is 0.733. The van der Waals surface area contributed by atoms with Crippen LogP contribution < -0.4 is 5.32 Å². The van der Waals surface area contributed by atoms with Gasteiger partial charge in [-0.25, -0.2) is 4.98 Å². The molecule has 3 rings (SSSR count). The van der Waals surface area contributed by atoms with Gasteiger partial charge in [0.15, 0.2) is 0 Å². The zero-order chi connectivity index (χ0) is 13.2. The lowest BCUT2D eigenvalue weighted by atomic mass is 9.84. The third-order valence-electron chi connectivity index (χ3n) is 4.75. The van der Waals surface area contributed by atoms with Gasteiger partial charge in [0.05, 0.1) is 12.0 Å². The molecule has 0 radical (unpaired) electrons. The van der Waals surface area contributed by atoms with Gasteiger partial charge in [-0.1, -0.05) is 19.3 Å². The van der Waals surface area contributed by atoms with E-state index < -0.39 is 0 Å². The molecule has 0 spiro atoms. The van der Waals surface area contributed by atoms with Gasteiger partial charge in [0.2, 0.25) is 5.91 Å². The van der Waals surface area contributed by atoms with Gasteiger partial charge in [0.1, 0.15) is 0 Å². The number of nitrogens with zero attached hydrogens (tertiary/aromatic N) is 1. The minimum Gasteiger partial charge on any atom is -0.353 e. The van der Waals surface area contributed by atoms with E-state index in [2.05, 4.69) is 22.2 Å². The number of carbonyl (C=O) groups is 1. The van der Waals surface area contributed by atoms with Crippen molar-refractivity contribution in [3.05, 3.63) is 18.2 Å². The number of halogens is 1. The van der Waals surface area contributed by atoms with E-state index in [0.29, 0.717) is 17.9 Å². The molecular formula is C15H24ClN3O. The Bertz CT molecular complexity index is 428. The molecule has 1 aromatic rings. The van der Waals surface area contributed by atoms with Crippen molar-refractivity contribution in [2.45, 2.75) is 57.4 Å². The molecule has 2 saturated carbocycles. The third-order valence-corrected chi connectivity index (χ3v) is 4.75. The topological polar surface area (TPSA) is 57.8 Å². The first-order valence-electron chi connectivity index (χ1n) is 7.54. The predicted molar refractivity (Wildman–Crippen MR) is 80.9 cm³/mol. The second-order valence-electron chi connectivity index (χ2n) is 6.14. The van der Waals surface area contributed by atoms with E-state index in [1.807, 2.05) is 6.20 Å². The van der Waals surface area contributed by atoms with E-state index in [0.717, 1.165) is 12.1 Å². The van der Waals surface area contributed by atoms with Crippen LogP contribution in [-0.2, 0) is 4.79 Å². The van der Waals surface area contributed by atoms with E-state index >= 15 is 0 Å². The van der Waals surface area contributed by atoms with E-state index in [1.165, 1.54) is 32.1 Å². The van der Waals surface area contributed by atoms with Crippen molar-refractivity contribution in [1.82, 2.24) is 15.3 Å². The number of nitrogens with one attached hydrogen (secondary N) is 2. The first kappa shape index (κ1) is 15.4. The molecule has 1 heterocycles. The maximum Gasteiger partial charge on any atom is 0.224 e. The highest BCUT2D eigenvalue weighted by Gasteiger charge is 2.45. The highest BCUT2D eigenvalue weighted by molar-refractivity contribution is 5.85. The smallest absolute Gasteiger partial charge is 0.224 e. The molecule has 0 bridgehead atoms. The summed E-state index contributed by atoms with van der Waals surface area (Å²) < 4.78 is 0. The molecule has 20 heavy (non-hydrogen) atoms. The van der Waals surface area contributed by atoms with Crippen molar-refractivity contribution >= 4 is 18.3 Å². The fourth-order valence-electron chi connectivity index (χ4n) is 3.37. The lowest BCUT2D eigenvalue weighted by Gasteiger charge is -2.28. The molecule has 5 heteroatoms. The first-order chi connectivity index (χ1) is 9.25. The number of hydrogen-bond acceptors (Lipinski definition) is 2. The quantitative estimate of drug-likeness (QED) is 0.897. The molecule has 3 atom stereocenters. The molecule has 0 aromatic carbocycles. The Hall–Kier alpha value is -1.03. The summed E-state index contributed by atoms with van der Waals surface area (Å²) in [6.45, 7) is 2.17. The van der Waals surface area contributed by atoms with Gasteiger partial charge in [-0.05, 0) is 32.1 Å². The van der Waals surface area contributed by atoms with Crippen LogP contribution in [0.5, 0.6) is 0 Å². The van der Waals surface area contributed by atoms with Crippen molar-refractivity contribution in [3.8, 4) is 0 Å². The Balaban J connectivity index is 0.00000147. The van der Waals surface area contributed by atoms with Crippen LogP contribution in [0.2, 0.25) is 0 Å². The monoisotopic (exact) mass is 297 g/mol. The predicted octanol–water partition coefficient (Wildman–Crippen LogP) is 3.02. The normalized spacial score (nSPS) is 27.4. The fourth-order valence-corrected chi connectivity index (χ4v) is 3.37. The third kappa shape index (κ3) is 3.35. The summed E-state index contributed by atoms with van der Waals surface area (Å²) in [6, 6.07) is 0.327. The van der Waals surface area contributed by atoms with E-state index in [4.69, 9.17) is 0 Å². The standard InChI is InChI=1S/C15H23N3O.ClH/c1-10(11-5-3-2-4-6-11)18-15(19)13-7-12(13)14-8-16-9-17-14;/h8-13H,2-7H2,1H3,(H,16,17)(H,18,19);1H/t10-,12-,13?;/m0./s1. The number of carbonyl (C=O) groups excluding carboxylic acids is 1. The van der Waals surface area contributed by atoms with Gasteiger partial charge in [0, 0.05) is 24.1 Å². The Morgan fingerprint density at radius 1 is 1.40 bits per heavy atom. The summed E-state index contributed by atoms with van der Waals surface area (Å²) in [5.74, 6) is 1.39. The number of H-pyrrole nitrogens is 1. The van der Waals surface area contributed by atoms with Crippen LogP contribution in [0.1, 0.15) is 57.1 Å². The summed E-state index contributed by atoms with van der Waals surface area (Å²) in [4.78, 5) is 19.4. The van der Waals surface area contributed by atoms with Crippen molar-refractivity contribution in [2.75, 3.05) is 0 Å². The minimum atomic E-state index is 0.